The minimum atomic E-state index is -0.942. The Labute approximate surface area is 88.0 Å². The maximum Gasteiger partial charge on any atom is 0.315 e. The number of carboxylic acids is 1. The quantitative estimate of drug-likeness (QED) is 0.794. The molecule has 76 valence electrons. The number of carbonyl (C=O) groups is 1. The maximum absolute atomic E-state index is 11.2. The van der Waals surface area contributed by atoms with Gasteiger partial charge in [-0.05, 0) is 18.9 Å². The second-order valence-corrected chi connectivity index (χ2v) is 4.03. The molecule has 0 radical (unpaired) electrons. The molecule has 0 spiro atoms. The fourth-order valence-corrected chi connectivity index (χ4v) is 1.95. The Bertz CT molecular complexity index is 444. The molecule has 0 aliphatic heterocycles. The van der Waals surface area contributed by atoms with Crippen molar-refractivity contribution in [2.75, 3.05) is 0 Å². The first-order valence-electron chi connectivity index (χ1n) is 4.81. The van der Waals surface area contributed by atoms with Gasteiger partial charge < -0.3 is 5.11 Å². The van der Waals surface area contributed by atoms with Gasteiger partial charge in [0.25, 0.3) is 0 Å². The normalized spacial score (nSPS) is 28.1. The van der Waals surface area contributed by atoms with Crippen molar-refractivity contribution in [2.45, 2.75) is 18.8 Å². The highest BCUT2D eigenvalue weighted by molar-refractivity contribution is 5.86. The molecule has 1 aliphatic carbocycles. The third kappa shape index (κ3) is 1.30. The van der Waals surface area contributed by atoms with Crippen LogP contribution in [-0.4, -0.2) is 11.1 Å². The molecule has 1 aromatic carbocycles. The largest absolute Gasteiger partial charge is 0.481 e. The number of nitriles is 1. The molecule has 0 heterocycles. The summed E-state index contributed by atoms with van der Waals surface area (Å²) in [6, 6.07) is 9.42. The van der Waals surface area contributed by atoms with E-state index >= 15 is 0 Å². The lowest BCUT2D eigenvalue weighted by molar-refractivity contribution is -0.140. The van der Waals surface area contributed by atoms with Crippen LogP contribution in [0.1, 0.15) is 17.5 Å². The number of hydrogen-bond donors (Lipinski definition) is 1. The van der Waals surface area contributed by atoms with Crippen molar-refractivity contribution in [3.63, 3.8) is 0 Å². The second kappa shape index (κ2) is 3.09. The van der Waals surface area contributed by atoms with Crippen LogP contribution in [0.4, 0.5) is 0 Å². The standard InChI is InChI=1S/C12H11NO2/c1-8-2-4-9(5-3-8)12(11(14)15)6-10(12)7-13/h2-5,10H,6H2,1H3,(H,14,15). The molecule has 1 fully saturated rings. The molecule has 15 heavy (non-hydrogen) atoms. The van der Waals surface area contributed by atoms with Crippen LogP contribution in [0, 0.1) is 24.2 Å². The van der Waals surface area contributed by atoms with E-state index in [0.717, 1.165) is 11.1 Å². The summed E-state index contributed by atoms with van der Waals surface area (Å²) in [5.74, 6) is -1.27. The maximum atomic E-state index is 11.2. The molecule has 3 nitrogen and oxygen atoms in total. The number of rotatable bonds is 2. The molecule has 2 atom stereocenters. The molecule has 3 heteroatoms. The summed E-state index contributed by atoms with van der Waals surface area (Å²) in [6.45, 7) is 1.95. The minimum absolute atomic E-state index is 0.377. The van der Waals surface area contributed by atoms with Gasteiger partial charge in [0.15, 0.2) is 0 Å². The van der Waals surface area contributed by atoms with E-state index in [0.29, 0.717) is 6.42 Å². The number of carboxylic acid groups (broad SMARTS) is 1. The summed E-state index contributed by atoms with van der Waals surface area (Å²) in [7, 11) is 0. The molecule has 2 rings (SSSR count). The topological polar surface area (TPSA) is 61.1 Å². The van der Waals surface area contributed by atoms with E-state index in [2.05, 4.69) is 0 Å². The average molecular weight is 201 g/mol. The molecular weight excluding hydrogens is 190 g/mol. The van der Waals surface area contributed by atoms with Crippen LogP contribution in [0.15, 0.2) is 24.3 Å². The summed E-state index contributed by atoms with van der Waals surface area (Å²) < 4.78 is 0. The monoisotopic (exact) mass is 201 g/mol. The molecule has 0 amide bonds. The van der Waals surface area contributed by atoms with Gasteiger partial charge in [0.1, 0.15) is 5.41 Å². The Morgan fingerprint density at radius 3 is 2.53 bits per heavy atom. The van der Waals surface area contributed by atoms with Gasteiger partial charge in [-0.25, -0.2) is 0 Å². The fourth-order valence-electron chi connectivity index (χ4n) is 1.95. The highest BCUT2D eigenvalue weighted by Crippen LogP contribution is 2.54. The Balaban J connectivity index is 2.41. The van der Waals surface area contributed by atoms with Crippen molar-refractivity contribution in [1.82, 2.24) is 0 Å². The minimum Gasteiger partial charge on any atom is -0.481 e. The van der Waals surface area contributed by atoms with Crippen LogP contribution in [0.5, 0.6) is 0 Å². The van der Waals surface area contributed by atoms with E-state index in [1.54, 1.807) is 12.1 Å². The number of hydrogen-bond acceptors (Lipinski definition) is 2. The Hall–Kier alpha value is -1.82. The zero-order chi connectivity index (χ0) is 11.1. The Morgan fingerprint density at radius 2 is 2.13 bits per heavy atom. The first-order valence-corrected chi connectivity index (χ1v) is 4.81. The predicted molar refractivity (Wildman–Crippen MR) is 54.2 cm³/mol. The van der Waals surface area contributed by atoms with Crippen LogP contribution in [0.3, 0.4) is 0 Å². The molecule has 1 aliphatic rings. The third-order valence-electron chi connectivity index (χ3n) is 3.06. The molecule has 0 bridgehead atoms. The van der Waals surface area contributed by atoms with Gasteiger partial charge in [-0.2, -0.15) is 5.26 Å². The van der Waals surface area contributed by atoms with Gasteiger partial charge in [0.2, 0.25) is 0 Å². The van der Waals surface area contributed by atoms with Crippen LogP contribution < -0.4 is 0 Å². The van der Waals surface area contributed by atoms with Gasteiger partial charge in [-0.15, -0.1) is 0 Å². The molecule has 1 aromatic rings. The summed E-state index contributed by atoms with van der Waals surface area (Å²) in [5, 5.41) is 18.0. The molecule has 2 unspecified atom stereocenters. The molecule has 0 saturated heterocycles. The fraction of sp³-hybridized carbons (Fsp3) is 0.333. The van der Waals surface area contributed by atoms with Crippen molar-refractivity contribution in [3.05, 3.63) is 35.4 Å². The lowest BCUT2D eigenvalue weighted by atomic mass is 9.93. The van der Waals surface area contributed by atoms with Gasteiger partial charge in [-0.3, -0.25) is 4.79 Å². The van der Waals surface area contributed by atoms with E-state index in [9.17, 15) is 9.90 Å². The average Bonchev–Trinajstić information content (AvgIpc) is 2.94. The lowest BCUT2D eigenvalue weighted by Gasteiger charge is -2.10. The summed E-state index contributed by atoms with van der Waals surface area (Å²) in [5.41, 5.74) is 0.892. The predicted octanol–water partition coefficient (Wildman–Crippen LogP) is 1.86. The third-order valence-corrected chi connectivity index (χ3v) is 3.06. The summed E-state index contributed by atoms with van der Waals surface area (Å²) in [4.78, 5) is 11.2. The highest BCUT2D eigenvalue weighted by Gasteiger charge is 2.62. The van der Waals surface area contributed by atoms with Crippen molar-refractivity contribution in [2.24, 2.45) is 5.92 Å². The first kappa shape index (κ1) is 9.72. The van der Waals surface area contributed by atoms with E-state index in [4.69, 9.17) is 5.26 Å². The van der Waals surface area contributed by atoms with E-state index in [-0.39, 0.29) is 5.92 Å². The number of aryl methyl sites for hydroxylation is 1. The number of benzene rings is 1. The van der Waals surface area contributed by atoms with Crippen LogP contribution in [-0.2, 0) is 10.2 Å². The molecule has 0 aromatic heterocycles. The SMILES string of the molecule is Cc1ccc(C2(C(=O)O)CC2C#N)cc1. The van der Waals surface area contributed by atoms with Gasteiger partial charge >= 0.3 is 5.97 Å². The van der Waals surface area contributed by atoms with Crippen molar-refractivity contribution in [3.8, 4) is 6.07 Å². The Kier molecular flexibility index (Phi) is 2.01. The van der Waals surface area contributed by atoms with Crippen molar-refractivity contribution >= 4 is 5.97 Å². The van der Waals surface area contributed by atoms with Crippen LogP contribution in [0.25, 0.3) is 0 Å². The zero-order valence-corrected chi connectivity index (χ0v) is 8.40. The molecule has 1 N–H and O–H groups in total. The number of nitrogens with zero attached hydrogens (tertiary/aromatic N) is 1. The van der Waals surface area contributed by atoms with Crippen LogP contribution >= 0.6 is 0 Å². The second-order valence-electron chi connectivity index (χ2n) is 4.03. The van der Waals surface area contributed by atoms with Gasteiger partial charge in [0.05, 0.1) is 12.0 Å². The number of aliphatic carboxylic acids is 1. The molecular formula is C12H11NO2. The van der Waals surface area contributed by atoms with Gasteiger partial charge in [0, 0.05) is 0 Å². The highest BCUT2D eigenvalue weighted by atomic mass is 16.4. The lowest BCUT2D eigenvalue weighted by Crippen LogP contribution is -2.22. The van der Waals surface area contributed by atoms with Crippen molar-refractivity contribution < 1.29 is 9.90 Å². The van der Waals surface area contributed by atoms with E-state index < -0.39 is 11.4 Å². The summed E-state index contributed by atoms with van der Waals surface area (Å²) >= 11 is 0. The smallest absolute Gasteiger partial charge is 0.315 e. The van der Waals surface area contributed by atoms with Crippen LogP contribution in [0.2, 0.25) is 0 Å². The van der Waals surface area contributed by atoms with E-state index in [1.807, 2.05) is 25.1 Å². The van der Waals surface area contributed by atoms with Crippen molar-refractivity contribution in [1.29, 1.82) is 5.26 Å². The van der Waals surface area contributed by atoms with Gasteiger partial charge in [-0.1, -0.05) is 29.8 Å². The molecule has 1 saturated carbocycles. The first-order chi connectivity index (χ1) is 7.11. The Morgan fingerprint density at radius 1 is 1.53 bits per heavy atom. The summed E-state index contributed by atoms with van der Waals surface area (Å²) in [6.07, 6.45) is 0.432. The zero-order valence-electron chi connectivity index (χ0n) is 8.40. The van der Waals surface area contributed by atoms with E-state index in [1.165, 1.54) is 0 Å².